The standard InChI is InChI=1S/C30H23ClN2O4/c31-26-12-13-28(37-19-22-3-1-2-21(16-22)18-32)27(17-26)29(34)33-15-14-20-4-6-23(7-5-20)24-8-10-25(11-9-24)30(35)36/h1-13,16-17H,14-15,19H2,(H,33,34)(H,35,36). The second-order valence-corrected chi connectivity index (χ2v) is 8.76. The molecule has 2 N–H and O–H groups in total. The number of aromatic carboxylic acids is 1. The first-order valence-electron chi connectivity index (χ1n) is 11.6. The number of hydrogen-bond acceptors (Lipinski definition) is 4. The van der Waals surface area contributed by atoms with Crippen LogP contribution in [0, 0.1) is 11.3 Å². The molecule has 6 nitrogen and oxygen atoms in total. The second kappa shape index (κ2) is 11.9. The smallest absolute Gasteiger partial charge is 0.335 e. The molecule has 0 aliphatic heterocycles. The molecule has 0 fully saturated rings. The molecular weight excluding hydrogens is 488 g/mol. The van der Waals surface area contributed by atoms with Crippen LogP contribution in [0.1, 0.15) is 37.4 Å². The van der Waals surface area contributed by atoms with Crippen LogP contribution in [0.5, 0.6) is 5.75 Å². The highest BCUT2D eigenvalue weighted by atomic mass is 35.5. The minimum atomic E-state index is -0.953. The van der Waals surface area contributed by atoms with Crippen LogP contribution in [-0.2, 0) is 13.0 Å². The maximum Gasteiger partial charge on any atom is 0.335 e. The Kier molecular flexibility index (Phi) is 8.19. The van der Waals surface area contributed by atoms with E-state index in [0.717, 1.165) is 22.3 Å². The van der Waals surface area contributed by atoms with Crippen molar-refractivity contribution in [2.24, 2.45) is 0 Å². The third-order valence-electron chi connectivity index (χ3n) is 5.76. The minimum absolute atomic E-state index is 0.211. The Balaban J connectivity index is 1.35. The molecule has 184 valence electrons. The summed E-state index contributed by atoms with van der Waals surface area (Å²) in [4.78, 5) is 23.9. The number of nitriles is 1. The van der Waals surface area contributed by atoms with Crippen molar-refractivity contribution >= 4 is 23.5 Å². The van der Waals surface area contributed by atoms with Gasteiger partial charge in [-0.2, -0.15) is 5.26 Å². The molecule has 0 atom stereocenters. The highest BCUT2D eigenvalue weighted by Gasteiger charge is 2.14. The van der Waals surface area contributed by atoms with Gasteiger partial charge in [0.2, 0.25) is 0 Å². The van der Waals surface area contributed by atoms with Crippen LogP contribution in [0.2, 0.25) is 5.02 Å². The Labute approximate surface area is 219 Å². The van der Waals surface area contributed by atoms with E-state index in [9.17, 15) is 9.59 Å². The van der Waals surface area contributed by atoms with Crippen LogP contribution in [0.15, 0.2) is 91.0 Å². The lowest BCUT2D eigenvalue weighted by atomic mass is 10.0. The van der Waals surface area contributed by atoms with Gasteiger partial charge in [-0.25, -0.2) is 4.79 Å². The summed E-state index contributed by atoms with van der Waals surface area (Å²) in [6.45, 7) is 0.629. The first-order valence-corrected chi connectivity index (χ1v) is 11.9. The molecular formula is C30H23ClN2O4. The molecule has 7 heteroatoms. The zero-order valence-electron chi connectivity index (χ0n) is 19.8. The van der Waals surface area contributed by atoms with Crippen molar-refractivity contribution in [3.05, 3.63) is 124 Å². The molecule has 4 aromatic carbocycles. The fourth-order valence-corrected chi connectivity index (χ4v) is 3.95. The van der Waals surface area contributed by atoms with Gasteiger partial charge in [-0.1, -0.05) is 60.1 Å². The number of carbonyl (C=O) groups is 2. The number of carboxylic acids is 1. The van der Waals surface area contributed by atoms with Crippen molar-refractivity contribution in [3.63, 3.8) is 0 Å². The van der Waals surface area contributed by atoms with Gasteiger partial charge in [0.1, 0.15) is 12.4 Å². The lowest BCUT2D eigenvalue weighted by Gasteiger charge is -2.13. The van der Waals surface area contributed by atoms with E-state index in [2.05, 4.69) is 11.4 Å². The molecule has 0 aliphatic rings. The Bertz CT molecular complexity index is 1460. The summed E-state index contributed by atoms with van der Waals surface area (Å²) < 4.78 is 5.88. The number of nitrogens with one attached hydrogen (secondary N) is 1. The maximum absolute atomic E-state index is 12.9. The number of hydrogen-bond donors (Lipinski definition) is 2. The number of benzene rings is 4. The second-order valence-electron chi connectivity index (χ2n) is 8.33. The number of halogens is 1. The van der Waals surface area contributed by atoms with Gasteiger partial charge in [0.25, 0.3) is 5.91 Å². The lowest BCUT2D eigenvalue weighted by molar-refractivity contribution is 0.0696. The number of amides is 1. The van der Waals surface area contributed by atoms with Crippen LogP contribution in [0.4, 0.5) is 0 Å². The quantitative estimate of drug-likeness (QED) is 0.282. The molecule has 0 saturated carbocycles. The van der Waals surface area contributed by atoms with E-state index in [1.54, 1.807) is 60.7 Å². The summed E-state index contributed by atoms with van der Waals surface area (Å²) in [6.07, 6.45) is 0.627. The summed E-state index contributed by atoms with van der Waals surface area (Å²) in [5, 5.41) is 21.5. The molecule has 0 saturated heterocycles. The molecule has 0 aromatic heterocycles. The van der Waals surface area contributed by atoms with Crippen molar-refractivity contribution < 1.29 is 19.4 Å². The van der Waals surface area contributed by atoms with E-state index < -0.39 is 5.97 Å². The van der Waals surface area contributed by atoms with Gasteiger partial charge >= 0.3 is 5.97 Å². The van der Waals surface area contributed by atoms with Crippen molar-refractivity contribution in [1.29, 1.82) is 5.26 Å². The number of rotatable bonds is 9. The fourth-order valence-electron chi connectivity index (χ4n) is 3.78. The molecule has 0 heterocycles. The monoisotopic (exact) mass is 510 g/mol. The molecule has 0 spiro atoms. The molecule has 1 amide bonds. The van der Waals surface area contributed by atoms with Crippen LogP contribution in [-0.4, -0.2) is 23.5 Å². The van der Waals surface area contributed by atoms with Gasteiger partial charge < -0.3 is 15.2 Å². The zero-order valence-corrected chi connectivity index (χ0v) is 20.5. The Morgan fingerprint density at radius 1 is 0.892 bits per heavy atom. The van der Waals surface area contributed by atoms with Gasteiger partial charge in [-0.05, 0) is 71.1 Å². The predicted octanol–water partition coefficient (Wildman–Crippen LogP) is 6.13. The van der Waals surface area contributed by atoms with E-state index in [-0.39, 0.29) is 18.1 Å². The summed E-state index contributed by atoms with van der Waals surface area (Å²) >= 11 is 6.14. The van der Waals surface area contributed by atoms with E-state index in [1.165, 1.54) is 0 Å². The number of ether oxygens (including phenoxy) is 1. The summed E-state index contributed by atoms with van der Waals surface area (Å²) in [7, 11) is 0. The van der Waals surface area contributed by atoms with Crippen molar-refractivity contribution in [3.8, 4) is 22.9 Å². The SMILES string of the molecule is N#Cc1cccc(COc2ccc(Cl)cc2C(=O)NCCc2ccc(-c3ccc(C(=O)O)cc3)cc2)c1. The van der Waals surface area contributed by atoms with Gasteiger partial charge in [0, 0.05) is 11.6 Å². The van der Waals surface area contributed by atoms with Gasteiger partial charge in [-0.15, -0.1) is 0 Å². The van der Waals surface area contributed by atoms with Gasteiger partial charge in [-0.3, -0.25) is 4.79 Å². The molecule has 0 radical (unpaired) electrons. The first kappa shape index (κ1) is 25.5. The Morgan fingerprint density at radius 3 is 2.27 bits per heavy atom. The van der Waals surface area contributed by atoms with Crippen LogP contribution in [0.25, 0.3) is 11.1 Å². The molecule has 4 rings (SSSR count). The van der Waals surface area contributed by atoms with Gasteiger partial charge in [0.05, 0.1) is 22.8 Å². The third kappa shape index (κ3) is 6.75. The van der Waals surface area contributed by atoms with E-state index in [0.29, 0.717) is 34.9 Å². The average molecular weight is 511 g/mol. The molecule has 37 heavy (non-hydrogen) atoms. The van der Waals surface area contributed by atoms with Crippen LogP contribution < -0.4 is 10.1 Å². The van der Waals surface area contributed by atoms with E-state index >= 15 is 0 Å². The van der Waals surface area contributed by atoms with Crippen molar-refractivity contribution in [1.82, 2.24) is 5.32 Å². The van der Waals surface area contributed by atoms with Crippen molar-refractivity contribution in [2.75, 3.05) is 6.54 Å². The van der Waals surface area contributed by atoms with Crippen LogP contribution >= 0.6 is 11.6 Å². The first-order chi connectivity index (χ1) is 17.9. The van der Waals surface area contributed by atoms with E-state index in [4.69, 9.17) is 26.7 Å². The van der Waals surface area contributed by atoms with E-state index in [1.807, 2.05) is 30.3 Å². The molecule has 4 aromatic rings. The predicted molar refractivity (Wildman–Crippen MR) is 142 cm³/mol. The Morgan fingerprint density at radius 2 is 1.59 bits per heavy atom. The normalized spacial score (nSPS) is 10.4. The minimum Gasteiger partial charge on any atom is -0.488 e. The highest BCUT2D eigenvalue weighted by Crippen LogP contribution is 2.24. The third-order valence-corrected chi connectivity index (χ3v) is 5.99. The lowest BCUT2D eigenvalue weighted by Crippen LogP contribution is -2.26. The molecule has 0 bridgehead atoms. The summed E-state index contributed by atoms with van der Waals surface area (Å²) in [5.41, 5.74) is 4.90. The summed E-state index contributed by atoms with van der Waals surface area (Å²) in [6, 6.07) is 28.7. The largest absolute Gasteiger partial charge is 0.488 e. The molecule has 0 aliphatic carbocycles. The topological polar surface area (TPSA) is 99.4 Å². The Hall–Kier alpha value is -4.60. The maximum atomic E-state index is 12.9. The average Bonchev–Trinajstić information content (AvgIpc) is 2.93. The fraction of sp³-hybridized carbons (Fsp3) is 0.100. The zero-order chi connectivity index (χ0) is 26.2. The molecule has 0 unspecified atom stereocenters. The van der Waals surface area contributed by atoms with Crippen LogP contribution in [0.3, 0.4) is 0 Å². The van der Waals surface area contributed by atoms with Crippen molar-refractivity contribution in [2.45, 2.75) is 13.0 Å². The number of carbonyl (C=O) groups excluding carboxylic acids is 1. The van der Waals surface area contributed by atoms with Gasteiger partial charge in [0.15, 0.2) is 0 Å². The summed E-state index contributed by atoms with van der Waals surface area (Å²) in [5.74, 6) is -0.841. The number of carboxylic acid groups (broad SMARTS) is 1. The highest BCUT2D eigenvalue weighted by molar-refractivity contribution is 6.31. The number of nitrogens with zero attached hydrogens (tertiary/aromatic N) is 1.